The van der Waals surface area contributed by atoms with Crippen molar-refractivity contribution in [2.75, 3.05) is 7.11 Å². The van der Waals surface area contributed by atoms with Gasteiger partial charge in [0, 0.05) is 16.3 Å². The highest BCUT2D eigenvalue weighted by Gasteiger charge is 2.40. The van der Waals surface area contributed by atoms with Crippen LogP contribution in [-0.4, -0.2) is 15.4 Å². The standard InChI is InChI=1S/C26H36O2Si/c1-10-18-19(11-2)25(27-7)23-21-15-13-12-14-20(21)17(3)16-22(23)24(18)28-29(8,9)26(4,5)6/h12-16H,10-11H2,1-9H3. The molecule has 0 aliphatic carbocycles. The molecule has 0 fully saturated rings. The maximum absolute atomic E-state index is 7.03. The van der Waals surface area contributed by atoms with Crippen molar-refractivity contribution in [2.24, 2.45) is 0 Å². The molecule has 0 aromatic heterocycles. The van der Waals surface area contributed by atoms with Gasteiger partial charge in [-0.3, -0.25) is 0 Å². The molecule has 29 heavy (non-hydrogen) atoms. The summed E-state index contributed by atoms with van der Waals surface area (Å²) in [4.78, 5) is 0. The lowest BCUT2D eigenvalue weighted by atomic mass is 9.90. The predicted octanol–water partition coefficient (Wildman–Crippen LogP) is 7.82. The Hall–Kier alpha value is -2.00. The van der Waals surface area contributed by atoms with Crippen LogP contribution in [0.25, 0.3) is 21.5 Å². The molecule has 0 amide bonds. The molecule has 0 saturated carbocycles. The van der Waals surface area contributed by atoms with Gasteiger partial charge in [-0.25, -0.2) is 0 Å². The Morgan fingerprint density at radius 1 is 0.862 bits per heavy atom. The maximum Gasteiger partial charge on any atom is 0.250 e. The largest absolute Gasteiger partial charge is 0.543 e. The van der Waals surface area contributed by atoms with E-state index in [1.165, 1.54) is 38.2 Å². The third kappa shape index (κ3) is 3.54. The Morgan fingerprint density at radius 3 is 1.93 bits per heavy atom. The molecular weight excluding hydrogens is 372 g/mol. The number of methoxy groups -OCH3 is 1. The van der Waals surface area contributed by atoms with Crippen LogP contribution in [0.5, 0.6) is 11.5 Å². The first-order valence-electron chi connectivity index (χ1n) is 10.8. The summed E-state index contributed by atoms with van der Waals surface area (Å²) in [5.41, 5.74) is 3.86. The highest BCUT2D eigenvalue weighted by Crippen LogP contribution is 2.48. The molecule has 0 radical (unpaired) electrons. The van der Waals surface area contributed by atoms with E-state index in [1.807, 2.05) is 0 Å². The summed E-state index contributed by atoms with van der Waals surface area (Å²) in [6.45, 7) is 18.2. The average molecular weight is 409 g/mol. The predicted molar refractivity (Wildman–Crippen MR) is 129 cm³/mol. The van der Waals surface area contributed by atoms with E-state index in [4.69, 9.17) is 9.16 Å². The second-order valence-corrected chi connectivity index (χ2v) is 14.3. The summed E-state index contributed by atoms with van der Waals surface area (Å²) >= 11 is 0. The summed E-state index contributed by atoms with van der Waals surface area (Å²) in [5, 5.41) is 5.05. The van der Waals surface area contributed by atoms with Gasteiger partial charge in [-0.15, -0.1) is 0 Å². The SMILES string of the molecule is CCc1c(CC)c(OC)c2c(cc(C)c3ccccc32)c1O[Si](C)(C)C(C)(C)C. The molecule has 0 atom stereocenters. The second-order valence-electron chi connectivity index (χ2n) is 9.55. The molecule has 0 aliphatic heterocycles. The van der Waals surface area contributed by atoms with E-state index in [1.54, 1.807) is 7.11 Å². The van der Waals surface area contributed by atoms with Gasteiger partial charge >= 0.3 is 0 Å². The molecule has 0 spiro atoms. The van der Waals surface area contributed by atoms with E-state index >= 15 is 0 Å². The minimum atomic E-state index is -2.00. The van der Waals surface area contributed by atoms with E-state index in [9.17, 15) is 0 Å². The Morgan fingerprint density at radius 2 is 1.41 bits per heavy atom. The van der Waals surface area contributed by atoms with Gasteiger partial charge in [0.25, 0.3) is 8.32 Å². The summed E-state index contributed by atoms with van der Waals surface area (Å²) in [5.74, 6) is 2.10. The first kappa shape index (κ1) is 21.7. The molecule has 156 valence electrons. The van der Waals surface area contributed by atoms with Gasteiger partial charge in [0.2, 0.25) is 0 Å². The monoisotopic (exact) mass is 408 g/mol. The van der Waals surface area contributed by atoms with Crippen LogP contribution in [0.2, 0.25) is 18.1 Å². The number of aryl methyl sites for hydroxylation is 1. The molecule has 0 unspecified atom stereocenters. The lowest BCUT2D eigenvalue weighted by Gasteiger charge is -2.38. The van der Waals surface area contributed by atoms with Crippen LogP contribution in [0.4, 0.5) is 0 Å². The molecule has 0 saturated heterocycles. The van der Waals surface area contributed by atoms with Gasteiger partial charge in [-0.05, 0) is 65.9 Å². The molecular formula is C26H36O2Si. The quantitative estimate of drug-likeness (QED) is 0.316. The molecule has 0 N–H and O–H groups in total. The average Bonchev–Trinajstić information content (AvgIpc) is 2.66. The van der Waals surface area contributed by atoms with Crippen molar-refractivity contribution in [2.45, 2.75) is 72.5 Å². The minimum Gasteiger partial charge on any atom is -0.543 e. The Labute approximate surface area is 177 Å². The summed E-state index contributed by atoms with van der Waals surface area (Å²) in [6, 6.07) is 11.0. The lowest BCUT2D eigenvalue weighted by molar-refractivity contribution is 0.413. The van der Waals surface area contributed by atoms with Crippen LogP contribution in [-0.2, 0) is 12.8 Å². The summed E-state index contributed by atoms with van der Waals surface area (Å²) in [7, 11) is -0.198. The van der Waals surface area contributed by atoms with Crippen LogP contribution >= 0.6 is 0 Å². The zero-order valence-electron chi connectivity index (χ0n) is 19.6. The minimum absolute atomic E-state index is 0.141. The van der Waals surface area contributed by atoms with Crippen molar-refractivity contribution in [3.05, 3.63) is 47.0 Å². The smallest absolute Gasteiger partial charge is 0.250 e. The number of benzene rings is 3. The van der Waals surface area contributed by atoms with Gasteiger partial charge in [-0.1, -0.05) is 58.9 Å². The Balaban J connectivity index is 2.53. The van der Waals surface area contributed by atoms with E-state index in [0.29, 0.717) is 0 Å². The van der Waals surface area contributed by atoms with Crippen LogP contribution in [0.1, 0.15) is 51.3 Å². The van der Waals surface area contributed by atoms with Gasteiger partial charge < -0.3 is 9.16 Å². The topological polar surface area (TPSA) is 18.5 Å². The highest BCUT2D eigenvalue weighted by molar-refractivity contribution is 6.74. The summed E-state index contributed by atoms with van der Waals surface area (Å²) < 4.78 is 13.1. The van der Waals surface area contributed by atoms with Gasteiger partial charge in [0.1, 0.15) is 11.5 Å². The van der Waals surface area contributed by atoms with Crippen molar-refractivity contribution >= 4 is 29.9 Å². The Bertz CT molecular complexity index is 1060. The number of hydrogen-bond acceptors (Lipinski definition) is 2. The number of fused-ring (bicyclic) bond motifs is 3. The fourth-order valence-electron chi connectivity index (χ4n) is 4.07. The van der Waals surface area contributed by atoms with Crippen molar-refractivity contribution in [1.82, 2.24) is 0 Å². The van der Waals surface area contributed by atoms with Crippen LogP contribution in [0, 0.1) is 6.92 Å². The van der Waals surface area contributed by atoms with Gasteiger partial charge in [0.15, 0.2) is 0 Å². The van der Waals surface area contributed by atoms with Crippen molar-refractivity contribution < 1.29 is 9.16 Å². The second kappa shape index (κ2) is 7.68. The van der Waals surface area contributed by atoms with Crippen LogP contribution < -0.4 is 9.16 Å². The fraction of sp³-hybridized carbons (Fsp3) is 0.462. The van der Waals surface area contributed by atoms with E-state index in [2.05, 4.69) is 85.0 Å². The number of ether oxygens (including phenoxy) is 1. The first-order valence-corrected chi connectivity index (χ1v) is 13.7. The van der Waals surface area contributed by atoms with E-state index in [0.717, 1.165) is 24.3 Å². The maximum atomic E-state index is 7.03. The van der Waals surface area contributed by atoms with Crippen LogP contribution in [0.15, 0.2) is 30.3 Å². The zero-order chi connectivity index (χ0) is 21.6. The van der Waals surface area contributed by atoms with Crippen molar-refractivity contribution in [3.63, 3.8) is 0 Å². The van der Waals surface area contributed by atoms with E-state index in [-0.39, 0.29) is 5.04 Å². The zero-order valence-corrected chi connectivity index (χ0v) is 20.6. The van der Waals surface area contributed by atoms with Gasteiger partial charge in [0.05, 0.1) is 7.11 Å². The first-order chi connectivity index (χ1) is 13.6. The molecule has 0 aliphatic rings. The molecule has 3 aromatic carbocycles. The number of hydrogen-bond donors (Lipinski definition) is 0. The molecule has 3 heteroatoms. The molecule has 3 rings (SSSR count). The molecule has 3 aromatic rings. The number of rotatable bonds is 5. The summed E-state index contributed by atoms with van der Waals surface area (Å²) in [6.07, 6.45) is 1.86. The fourth-order valence-corrected chi connectivity index (χ4v) is 5.12. The van der Waals surface area contributed by atoms with Gasteiger partial charge in [-0.2, -0.15) is 0 Å². The third-order valence-electron chi connectivity index (χ3n) is 6.71. The molecule has 0 heterocycles. The van der Waals surface area contributed by atoms with Crippen molar-refractivity contribution in [3.8, 4) is 11.5 Å². The van der Waals surface area contributed by atoms with Crippen molar-refractivity contribution in [1.29, 1.82) is 0 Å². The molecule has 0 bridgehead atoms. The molecule has 2 nitrogen and oxygen atoms in total. The normalized spacial score (nSPS) is 12.6. The lowest BCUT2D eigenvalue weighted by Crippen LogP contribution is -2.44. The van der Waals surface area contributed by atoms with E-state index < -0.39 is 8.32 Å². The highest BCUT2D eigenvalue weighted by atomic mass is 28.4. The van der Waals surface area contributed by atoms with Crippen LogP contribution in [0.3, 0.4) is 0 Å². The Kier molecular flexibility index (Phi) is 5.75. The third-order valence-corrected chi connectivity index (χ3v) is 11.0.